The van der Waals surface area contributed by atoms with E-state index in [4.69, 9.17) is 25.5 Å². The molecule has 0 aliphatic carbocycles. The Labute approximate surface area is 285 Å². The lowest BCUT2D eigenvalue weighted by atomic mass is 9.97. The number of furan rings is 1. The Kier molecular flexibility index (Phi) is 10.5. The highest BCUT2D eigenvalue weighted by atomic mass is 35.5. The molecule has 0 fully saturated rings. The van der Waals surface area contributed by atoms with Gasteiger partial charge in [-0.15, -0.1) is 10.2 Å². The van der Waals surface area contributed by atoms with E-state index in [1.54, 1.807) is 41.0 Å². The van der Waals surface area contributed by atoms with Crippen molar-refractivity contribution in [1.29, 1.82) is 0 Å². The number of hydrogen-bond donors (Lipinski definition) is 1. The van der Waals surface area contributed by atoms with E-state index >= 15 is 0 Å². The normalized spacial score (nSPS) is 13.7. The first-order chi connectivity index (χ1) is 22.8. The first-order valence-corrected chi connectivity index (χ1v) is 21.0. The standard InChI is InChI=1S/C32H39ClN6O7SSi/c1-44-26-8-6-9-27(45-2)29(26)39-30(28-10-7-17-46-28)35-36-31(39)38(16-19-48(3,4)5)47(42,43)18-13-25-24(20-23(33)21-34-25)22-11-14-37(15-12-22)32(40)41/h6-11,17,20-21H,12-16,18-19H2,1-5H3,(H,40,41). The van der Waals surface area contributed by atoms with Crippen molar-refractivity contribution in [3.05, 3.63) is 71.2 Å². The number of halogens is 1. The van der Waals surface area contributed by atoms with Crippen LogP contribution in [-0.4, -0.2) is 91.9 Å². The Morgan fingerprint density at radius 2 is 1.85 bits per heavy atom. The first kappa shape index (κ1) is 35.0. The van der Waals surface area contributed by atoms with Gasteiger partial charge < -0.3 is 23.9 Å². The molecule has 1 aliphatic heterocycles. The Bertz CT molecular complexity index is 1890. The molecule has 5 rings (SSSR count). The molecule has 256 valence electrons. The molecule has 1 aliphatic rings. The van der Waals surface area contributed by atoms with E-state index in [1.807, 2.05) is 6.08 Å². The number of sulfonamides is 1. The first-order valence-electron chi connectivity index (χ1n) is 15.4. The highest BCUT2D eigenvalue weighted by Crippen LogP contribution is 2.39. The third-order valence-corrected chi connectivity index (χ3v) is 11.7. The summed E-state index contributed by atoms with van der Waals surface area (Å²) in [5.74, 6) is 1.26. The minimum Gasteiger partial charge on any atom is -0.494 e. The van der Waals surface area contributed by atoms with E-state index < -0.39 is 24.2 Å². The summed E-state index contributed by atoms with van der Waals surface area (Å²) < 4.78 is 49.1. The maximum Gasteiger partial charge on any atom is 0.407 e. The summed E-state index contributed by atoms with van der Waals surface area (Å²) in [7, 11) is -2.78. The summed E-state index contributed by atoms with van der Waals surface area (Å²) in [6.45, 7) is 7.23. The van der Waals surface area contributed by atoms with E-state index in [1.165, 1.54) is 35.9 Å². The lowest BCUT2D eigenvalue weighted by Crippen LogP contribution is -2.39. The van der Waals surface area contributed by atoms with Gasteiger partial charge in [0.05, 0.1) is 31.3 Å². The van der Waals surface area contributed by atoms with Gasteiger partial charge in [0.15, 0.2) is 5.76 Å². The van der Waals surface area contributed by atoms with Crippen molar-refractivity contribution in [2.24, 2.45) is 0 Å². The Morgan fingerprint density at radius 1 is 1.12 bits per heavy atom. The topological polar surface area (TPSA) is 153 Å². The smallest absolute Gasteiger partial charge is 0.407 e. The number of aromatic nitrogens is 4. The van der Waals surface area contributed by atoms with E-state index in [9.17, 15) is 18.3 Å². The summed E-state index contributed by atoms with van der Waals surface area (Å²) in [5, 5.41) is 18.7. The molecule has 0 unspecified atom stereocenters. The third kappa shape index (κ3) is 7.69. The fourth-order valence-electron chi connectivity index (χ4n) is 5.43. The molecule has 1 amide bonds. The van der Waals surface area contributed by atoms with E-state index in [-0.39, 0.29) is 37.0 Å². The van der Waals surface area contributed by atoms with Crippen molar-refractivity contribution in [3.63, 3.8) is 0 Å². The van der Waals surface area contributed by atoms with Crippen LogP contribution in [-0.2, 0) is 16.4 Å². The van der Waals surface area contributed by atoms with Gasteiger partial charge in [0.1, 0.15) is 17.2 Å². The highest BCUT2D eigenvalue weighted by Gasteiger charge is 2.34. The van der Waals surface area contributed by atoms with Gasteiger partial charge in [-0.05, 0) is 48.4 Å². The lowest BCUT2D eigenvalue weighted by Gasteiger charge is -2.28. The molecule has 0 atom stereocenters. The number of rotatable bonds is 13. The molecule has 4 heterocycles. The van der Waals surface area contributed by atoms with Gasteiger partial charge in [-0.2, -0.15) is 0 Å². The van der Waals surface area contributed by atoms with Gasteiger partial charge in [-0.3, -0.25) is 9.55 Å². The highest BCUT2D eigenvalue weighted by molar-refractivity contribution is 7.92. The minimum absolute atomic E-state index is 0.0653. The van der Waals surface area contributed by atoms with Crippen LogP contribution in [0.4, 0.5) is 10.7 Å². The van der Waals surface area contributed by atoms with Crippen LogP contribution >= 0.6 is 11.6 Å². The summed E-state index contributed by atoms with van der Waals surface area (Å²) in [5.41, 5.74) is 2.55. The number of ether oxygens (including phenoxy) is 2. The van der Waals surface area contributed by atoms with Crippen LogP contribution in [0, 0.1) is 0 Å². The second-order valence-electron chi connectivity index (χ2n) is 12.5. The second-order valence-corrected chi connectivity index (χ2v) is 20.5. The van der Waals surface area contributed by atoms with Crippen molar-refractivity contribution in [3.8, 4) is 28.8 Å². The maximum atomic E-state index is 14.5. The van der Waals surface area contributed by atoms with E-state index in [0.717, 1.165) is 5.57 Å². The zero-order valence-corrected chi connectivity index (χ0v) is 30.1. The fraction of sp³-hybridized carbons (Fsp3) is 0.375. The van der Waals surface area contributed by atoms with E-state index in [0.29, 0.717) is 58.2 Å². The zero-order chi connectivity index (χ0) is 34.6. The molecule has 0 radical (unpaired) electrons. The quantitative estimate of drug-likeness (QED) is 0.161. The Morgan fingerprint density at radius 3 is 2.44 bits per heavy atom. The monoisotopic (exact) mass is 714 g/mol. The molecule has 0 bridgehead atoms. The van der Waals surface area contributed by atoms with Gasteiger partial charge in [0.2, 0.25) is 21.8 Å². The number of anilines is 1. The molecule has 4 aromatic rings. The zero-order valence-electron chi connectivity index (χ0n) is 27.5. The predicted molar refractivity (Wildman–Crippen MR) is 187 cm³/mol. The average molecular weight is 715 g/mol. The number of aryl methyl sites for hydroxylation is 1. The van der Waals surface area contributed by atoms with Gasteiger partial charge in [-0.25, -0.2) is 17.5 Å². The summed E-state index contributed by atoms with van der Waals surface area (Å²) in [6, 6.07) is 11.1. The lowest BCUT2D eigenvalue weighted by molar-refractivity contribution is 0.150. The summed E-state index contributed by atoms with van der Waals surface area (Å²) >= 11 is 6.33. The Hall–Kier alpha value is -4.34. The van der Waals surface area contributed by atoms with Gasteiger partial charge >= 0.3 is 6.09 Å². The number of nitrogens with zero attached hydrogens (tertiary/aromatic N) is 6. The molecule has 48 heavy (non-hydrogen) atoms. The SMILES string of the molecule is COc1cccc(OC)c1-n1c(-c2ccco2)nnc1N(CC[Si](C)(C)C)S(=O)(=O)CCc1ncc(Cl)cc1C1=CCN(C(=O)O)CC1. The van der Waals surface area contributed by atoms with Crippen LogP contribution in [0.25, 0.3) is 22.8 Å². The second kappa shape index (κ2) is 14.4. The molecule has 0 saturated carbocycles. The van der Waals surface area contributed by atoms with Crippen LogP contribution in [0.5, 0.6) is 11.5 Å². The Balaban J connectivity index is 1.58. The summed E-state index contributed by atoms with van der Waals surface area (Å²) in [6.07, 6.45) is 4.36. The minimum atomic E-state index is -4.06. The molecule has 16 heteroatoms. The number of hydrogen-bond acceptors (Lipinski definition) is 9. The maximum absolute atomic E-state index is 14.5. The van der Waals surface area contributed by atoms with Crippen LogP contribution in [0.15, 0.2) is 59.4 Å². The molecule has 1 N–H and O–H groups in total. The fourth-order valence-corrected chi connectivity index (χ4v) is 8.05. The predicted octanol–water partition coefficient (Wildman–Crippen LogP) is 6.08. The van der Waals surface area contributed by atoms with Gasteiger partial charge in [0, 0.05) is 51.6 Å². The number of carboxylic acid groups (broad SMARTS) is 1. The van der Waals surface area contributed by atoms with Crippen LogP contribution < -0.4 is 13.8 Å². The molecule has 0 spiro atoms. The van der Waals surface area contributed by atoms with Crippen molar-refractivity contribution < 1.29 is 32.2 Å². The average Bonchev–Trinajstić information content (AvgIpc) is 3.74. The van der Waals surface area contributed by atoms with Crippen molar-refractivity contribution >= 4 is 47.3 Å². The van der Waals surface area contributed by atoms with Crippen molar-refractivity contribution in [2.75, 3.05) is 43.9 Å². The third-order valence-electron chi connectivity index (χ3n) is 8.00. The van der Waals surface area contributed by atoms with E-state index in [2.05, 4.69) is 34.8 Å². The largest absolute Gasteiger partial charge is 0.494 e. The number of pyridine rings is 1. The van der Waals surface area contributed by atoms with Crippen LogP contribution in [0.1, 0.15) is 17.7 Å². The molecular weight excluding hydrogens is 676 g/mol. The van der Waals surface area contributed by atoms with Crippen molar-refractivity contribution in [1.82, 2.24) is 24.6 Å². The number of carbonyl (C=O) groups is 1. The molecule has 1 aromatic carbocycles. The van der Waals surface area contributed by atoms with Gasteiger partial charge in [0.25, 0.3) is 0 Å². The molecule has 3 aromatic heterocycles. The number of para-hydroxylation sites is 1. The van der Waals surface area contributed by atoms with Crippen LogP contribution in [0.3, 0.4) is 0 Å². The number of methoxy groups -OCH3 is 2. The number of amides is 1. The van der Waals surface area contributed by atoms with Crippen LogP contribution in [0.2, 0.25) is 30.7 Å². The van der Waals surface area contributed by atoms with Crippen molar-refractivity contribution in [2.45, 2.75) is 38.5 Å². The number of benzene rings is 1. The molecular formula is C32H39ClN6O7SSi. The molecule has 13 nitrogen and oxygen atoms in total. The van der Waals surface area contributed by atoms with Gasteiger partial charge in [-0.1, -0.05) is 43.4 Å². The summed E-state index contributed by atoms with van der Waals surface area (Å²) in [4.78, 5) is 17.3. The molecule has 0 saturated heterocycles.